The van der Waals surface area contributed by atoms with Crippen LogP contribution < -0.4 is 0 Å². The second-order valence-corrected chi connectivity index (χ2v) is 9.13. The van der Waals surface area contributed by atoms with E-state index in [9.17, 15) is 9.90 Å². The minimum absolute atomic E-state index is 0.0820. The topological polar surface area (TPSA) is 46.5 Å². The van der Waals surface area contributed by atoms with Gasteiger partial charge in [0.2, 0.25) is 5.60 Å². The van der Waals surface area contributed by atoms with E-state index < -0.39 is 11.6 Å². The Morgan fingerprint density at radius 3 is 2.32 bits per heavy atom. The first-order valence-corrected chi connectivity index (χ1v) is 10.7. The van der Waals surface area contributed by atoms with Crippen LogP contribution >= 0.6 is 22.7 Å². The zero-order valence-electron chi connectivity index (χ0n) is 14.4. The zero-order valence-corrected chi connectivity index (χ0v) is 16.0. The first kappa shape index (κ1) is 17.2. The summed E-state index contributed by atoms with van der Waals surface area (Å²) in [6, 6.07) is 7.33. The van der Waals surface area contributed by atoms with E-state index in [-0.39, 0.29) is 6.10 Å². The van der Waals surface area contributed by atoms with Gasteiger partial charge in [-0.15, -0.1) is 22.7 Å². The smallest absolute Gasteiger partial charge is 0.349 e. The number of fused-ring (bicyclic) bond motifs is 3. The highest BCUT2D eigenvalue weighted by atomic mass is 32.1. The van der Waals surface area contributed by atoms with E-state index in [4.69, 9.17) is 4.74 Å². The third-order valence-electron chi connectivity index (χ3n) is 6.02. The largest absolute Gasteiger partial charge is 0.453 e. The molecule has 25 heavy (non-hydrogen) atoms. The Labute approximate surface area is 156 Å². The van der Waals surface area contributed by atoms with Crippen molar-refractivity contribution in [1.29, 1.82) is 0 Å². The summed E-state index contributed by atoms with van der Waals surface area (Å²) in [6.45, 7) is 6.57. The molecule has 2 bridgehead atoms. The lowest BCUT2D eigenvalue weighted by molar-refractivity contribution is -0.944. The molecule has 0 saturated carbocycles. The number of nitrogens with zero attached hydrogens (tertiary/aromatic N) is 1. The summed E-state index contributed by atoms with van der Waals surface area (Å²) in [7, 11) is 0. The Balaban J connectivity index is 1.60. The predicted octanol–water partition coefficient (Wildman–Crippen LogP) is 3.22. The van der Waals surface area contributed by atoms with Gasteiger partial charge in [0.05, 0.1) is 29.4 Å². The number of likely N-dealkylation sites (N-methyl/N-ethyl adjacent to an activating group) is 1. The van der Waals surface area contributed by atoms with E-state index in [1.165, 1.54) is 35.8 Å². The van der Waals surface area contributed by atoms with Crippen molar-refractivity contribution in [2.45, 2.75) is 31.5 Å². The number of piperidine rings is 3. The third kappa shape index (κ3) is 2.85. The number of hydrogen-bond acceptors (Lipinski definition) is 5. The summed E-state index contributed by atoms with van der Waals surface area (Å²) in [5, 5.41) is 15.1. The summed E-state index contributed by atoms with van der Waals surface area (Å²) < 4.78 is 7.02. The van der Waals surface area contributed by atoms with Gasteiger partial charge in [0.25, 0.3) is 0 Å². The molecule has 1 atom stereocenters. The van der Waals surface area contributed by atoms with Gasteiger partial charge >= 0.3 is 5.97 Å². The fourth-order valence-corrected chi connectivity index (χ4v) is 6.03. The van der Waals surface area contributed by atoms with Gasteiger partial charge in [0.15, 0.2) is 6.10 Å². The summed E-state index contributed by atoms with van der Waals surface area (Å²) >= 11 is 2.78. The van der Waals surface area contributed by atoms with Gasteiger partial charge in [-0.05, 0) is 29.8 Å². The Kier molecular flexibility index (Phi) is 4.48. The monoisotopic (exact) mass is 378 g/mol. The molecule has 3 fully saturated rings. The molecule has 5 heterocycles. The third-order valence-corrected chi connectivity index (χ3v) is 7.98. The lowest BCUT2D eigenvalue weighted by Gasteiger charge is -2.51. The predicted molar refractivity (Wildman–Crippen MR) is 99.6 cm³/mol. The van der Waals surface area contributed by atoms with E-state index in [1.54, 1.807) is 0 Å². The van der Waals surface area contributed by atoms with Crippen molar-refractivity contribution in [2.75, 3.05) is 26.2 Å². The highest BCUT2D eigenvalue weighted by molar-refractivity contribution is 7.12. The molecule has 0 aromatic carbocycles. The molecule has 4 nitrogen and oxygen atoms in total. The molecule has 5 rings (SSSR count). The Morgan fingerprint density at radius 1 is 1.24 bits per heavy atom. The molecule has 0 unspecified atom stereocenters. The number of quaternary nitrogens is 1. The van der Waals surface area contributed by atoms with Gasteiger partial charge in [-0.25, -0.2) is 4.79 Å². The average molecular weight is 379 g/mol. The SMILES string of the molecule is CC[N+]12CCC(CC1)[C@@H](OC(=O)C(O)(c1cccs1)c1cccs1)C2. The van der Waals surface area contributed by atoms with Crippen molar-refractivity contribution in [1.82, 2.24) is 0 Å². The van der Waals surface area contributed by atoms with Crippen molar-refractivity contribution in [3.63, 3.8) is 0 Å². The van der Waals surface area contributed by atoms with Crippen LogP contribution in [0.2, 0.25) is 0 Å². The van der Waals surface area contributed by atoms with Crippen LogP contribution in [-0.4, -0.2) is 47.8 Å². The van der Waals surface area contributed by atoms with Gasteiger partial charge in [0, 0.05) is 18.8 Å². The zero-order chi connectivity index (χ0) is 17.5. The van der Waals surface area contributed by atoms with Crippen LogP contribution in [0.25, 0.3) is 0 Å². The maximum Gasteiger partial charge on any atom is 0.349 e. The molecule has 0 aliphatic carbocycles. The molecule has 0 spiro atoms. The maximum absolute atomic E-state index is 13.1. The Bertz CT molecular complexity index is 684. The van der Waals surface area contributed by atoms with E-state index in [1.807, 2.05) is 35.0 Å². The van der Waals surface area contributed by atoms with Gasteiger partial charge < -0.3 is 14.3 Å². The van der Waals surface area contributed by atoms with Crippen LogP contribution in [0.1, 0.15) is 29.5 Å². The number of carbonyl (C=O) groups excluding carboxylic acids is 1. The molecule has 3 saturated heterocycles. The minimum Gasteiger partial charge on any atom is -0.453 e. The van der Waals surface area contributed by atoms with Gasteiger partial charge in [-0.3, -0.25) is 0 Å². The molecule has 2 aromatic rings. The van der Waals surface area contributed by atoms with E-state index in [0.29, 0.717) is 15.7 Å². The summed E-state index contributed by atoms with van der Waals surface area (Å²) in [5.74, 6) is -0.0863. The number of thiophene rings is 2. The Hall–Kier alpha value is -1.21. The molecule has 1 N–H and O–H groups in total. The molecule has 2 aromatic heterocycles. The van der Waals surface area contributed by atoms with Crippen molar-refractivity contribution < 1.29 is 19.1 Å². The molecular formula is C19H24NO3S2+. The average Bonchev–Trinajstić information content (AvgIpc) is 3.36. The van der Waals surface area contributed by atoms with E-state index in [0.717, 1.165) is 30.4 Å². The first-order valence-electron chi connectivity index (χ1n) is 8.94. The fourth-order valence-electron chi connectivity index (χ4n) is 4.31. The minimum atomic E-state index is -1.69. The summed E-state index contributed by atoms with van der Waals surface area (Å²) in [4.78, 5) is 14.4. The van der Waals surface area contributed by atoms with Crippen molar-refractivity contribution in [2.24, 2.45) is 5.92 Å². The molecule has 3 aliphatic heterocycles. The van der Waals surface area contributed by atoms with Gasteiger partial charge in [-0.1, -0.05) is 12.1 Å². The second-order valence-electron chi connectivity index (χ2n) is 7.23. The summed E-state index contributed by atoms with van der Waals surface area (Å²) in [6.07, 6.45) is 2.14. The van der Waals surface area contributed by atoms with Crippen LogP contribution in [0.15, 0.2) is 35.0 Å². The lowest BCUT2D eigenvalue weighted by Crippen LogP contribution is -2.64. The maximum atomic E-state index is 13.1. The number of aliphatic hydroxyl groups is 1. The van der Waals surface area contributed by atoms with Crippen molar-refractivity contribution in [3.8, 4) is 0 Å². The van der Waals surface area contributed by atoms with Crippen LogP contribution in [0.5, 0.6) is 0 Å². The highest BCUT2D eigenvalue weighted by Crippen LogP contribution is 2.40. The lowest BCUT2D eigenvalue weighted by atomic mass is 9.83. The van der Waals surface area contributed by atoms with Crippen molar-refractivity contribution >= 4 is 28.6 Å². The first-order chi connectivity index (χ1) is 12.1. The summed E-state index contributed by atoms with van der Waals surface area (Å²) in [5.41, 5.74) is -1.69. The molecule has 134 valence electrons. The molecule has 0 radical (unpaired) electrons. The number of carbonyl (C=O) groups is 1. The fraction of sp³-hybridized carbons (Fsp3) is 0.526. The van der Waals surface area contributed by atoms with Crippen LogP contribution in [0.3, 0.4) is 0 Å². The number of esters is 1. The number of ether oxygens (including phenoxy) is 1. The number of rotatable bonds is 5. The van der Waals surface area contributed by atoms with Crippen LogP contribution in [-0.2, 0) is 15.1 Å². The van der Waals surface area contributed by atoms with Gasteiger partial charge in [-0.2, -0.15) is 0 Å². The standard InChI is InChI=1S/C19H24NO3S2/c1-2-20-9-7-14(8-10-20)15(13-20)23-18(21)19(22,16-5-3-11-24-16)17-6-4-12-25-17/h3-6,11-12,14-15,22H,2,7-10,13H2,1H3/q+1/t14?,15-,20?/m0/s1. The van der Waals surface area contributed by atoms with Crippen LogP contribution in [0, 0.1) is 5.92 Å². The Morgan fingerprint density at radius 2 is 1.84 bits per heavy atom. The van der Waals surface area contributed by atoms with E-state index >= 15 is 0 Å². The highest BCUT2D eigenvalue weighted by Gasteiger charge is 2.50. The van der Waals surface area contributed by atoms with Crippen LogP contribution in [0.4, 0.5) is 0 Å². The quantitative estimate of drug-likeness (QED) is 0.642. The normalized spacial score (nSPS) is 28.9. The number of hydrogen-bond donors (Lipinski definition) is 1. The van der Waals surface area contributed by atoms with E-state index in [2.05, 4.69) is 6.92 Å². The van der Waals surface area contributed by atoms with Crippen molar-refractivity contribution in [3.05, 3.63) is 44.8 Å². The molecule has 0 amide bonds. The second kappa shape index (κ2) is 6.50. The van der Waals surface area contributed by atoms with Gasteiger partial charge in [0.1, 0.15) is 6.54 Å². The molecule has 6 heteroatoms. The molecular weight excluding hydrogens is 354 g/mol. The molecule has 3 aliphatic rings.